The number of hydrogen-bond acceptors (Lipinski definition) is 8. The maximum atomic E-state index is 13.2. The predicted octanol–water partition coefficient (Wildman–Crippen LogP) is 4.01. The molecule has 1 heterocycles. The quantitative estimate of drug-likeness (QED) is 0.157. The topological polar surface area (TPSA) is 188 Å². The van der Waals surface area contributed by atoms with E-state index in [-0.39, 0.29) is 39.6 Å². The van der Waals surface area contributed by atoms with E-state index in [1.54, 1.807) is 6.07 Å². The second-order valence-electron chi connectivity index (χ2n) is 8.05. The number of halogens is 2. The lowest BCUT2D eigenvalue weighted by atomic mass is 10.0. The van der Waals surface area contributed by atoms with Crippen LogP contribution in [-0.4, -0.2) is 43.0 Å². The minimum Gasteiger partial charge on any atom is -0.508 e. The first-order valence-corrected chi connectivity index (χ1v) is 11.5. The van der Waals surface area contributed by atoms with Crippen molar-refractivity contribution in [2.75, 3.05) is 5.32 Å². The zero-order valence-corrected chi connectivity index (χ0v) is 20.6. The second kappa shape index (κ2) is 10.7. The number of benzene rings is 3. The third-order valence-electron chi connectivity index (χ3n) is 5.41. The number of carbonyl (C=O) groups excluding carboxylic acids is 1. The molecule has 0 saturated carbocycles. The number of carboxylic acid groups (broad SMARTS) is 1. The number of non-ortho nitro benzene ring substituents is 1. The molecule has 0 unspecified atom stereocenters. The van der Waals surface area contributed by atoms with Gasteiger partial charge in [-0.25, -0.2) is 9.78 Å². The van der Waals surface area contributed by atoms with Gasteiger partial charge < -0.3 is 20.8 Å². The summed E-state index contributed by atoms with van der Waals surface area (Å²) in [6.45, 7) is 0. The van der Waals surface area contributed by atoms with E-state index in [1.807, 2.05) is 0 Å². The van der Waals surface area contributed by atoms with Crippen LogP contribution in [0.2, 0.25) is 10.0 Å². The van der Waals surface area contributed by atoms with Crippen LogP contribution in [0.4, 0.5) is 17.3 Å². The molecular weight excluding hydrogens is 541 g/mol. The molecule has 12 nitrogen and oxygen atoms in total. The first-order valence-electron chi connectivity index (χ1n) is 10.8. The molecular formula is C24H17Cl2N5O7. The summed E-state index contributed by atoms with van der Waals surface area (Å²) in [4.78, 5) is 55.3. The summed E-state index contributed by atoms with van der Waals surface area (Å²) in [5.41, 5.74) is -1.03. The standard InChI is InChI=1S/C24H17Cl2N5O7/c25-17-6-3-12(8-18(17)26)27-24-29-20-15(9-13(31(37)38)10-16(20)22(34)30-24)21(33)28-19(23(35)36)7-11-1-4-14(32)5-2-11/h1-6,8-10,19,32H,7H2,(H,28,33)(H,35,36)(H2,27,29,30,34)/t19-/m1/s1. The molecule has 0 saturated heterocycles. The van der Waals surface area contributed by atoms with Crippen molar-refractivity contribution in [1.29, 1.82) is 0 Å². The third kappa shape index (κ3) is 5.82. The first kappa shape index (κ1) is 26.4. The number of carbonyl (C=O) groups is 2. The summed E-state index contributed by atoms with van der Waals surface area (Å²) in [6, 6.07) is 10.7. The predicted molar refractivity (Wildman–Crippen MR) is 139 cm³/mol. The van der Waals surface area contributed by atoms with Crippen molar-refractivity contribution >= 4 is 63.3 Å². The Labute approximate surface area is 223 Å². The SMILES string of the molecule is O=C(N[C@H](Cc1ccc(O)cc1)C(=O)O)c1cc([N+](=O)[O-])cc2c(=O)[nH]c(Nc3ccc(Cl)c(Cl)c3)nc12. The van der Waals surface area contributed by atoms with E-state index in [2.05, 4.69) is 20.6 Å². The monoisotopic (exact) mass is 557 g/mol. The summed E-state index contributed by atoms with van der Waals surface area (Å²) in [7, 11) is 0. The largest absolute Gasteiger partial charge is 0.508 e. The van der Waals surface area contributed by atoms with Crippen LogP contribution in [0, 0.1) is 10.1 Å². The fraction of sp³-hybridized carbons (Fsp3) is 0.0833. The van der Waals surface area contributed by atoms with Gasteiger partial charge in [-0.15, -0.1) is 0 Å². The van der Waals surface area contributed by atoms with Gasteiger partial charge in [0, 0.05) is 24.2 Å². The van der Waals surface area contributed by atoms with E-state index in [9.17, 15) is 34.7 Å². The molecule has 4 rings (SSSR count). The number of amides is 1. The number of rotatable bonds is 8. The molecule has 0 bridgehead atoms. The van der Waals surface area contributed by atoms with Gasteiger partial charge >= 0.3 is 5.97 Å². The van der Waals surface area contributed by atoms with Crippen LogP contribution in [-0.2, 0) is 11.2 Å². The Morgan fingerprint density at radius 1 is 1.08 bits per heavy atom. The van der Waals surface area contributed by atoms with Crippen LogP contribution < -0.4 is 16.2 Å². The Hall–Kier alpha value is -4.68. The molecule has 194 valence electrons. The summed E-state index contributed by atoms with van der Waals surface area (Å²) >= 11 is 11.9. The molecule has 1 atom stereocenters. The van der Waals surface area contributed by atoms with Crippen LogP contribution in [0.15, 0.2) is 59.4 Å². The van der Waals surface area contributed by atoms with Gasteiger partial charge in [-0.05, 0) is 35.9 Å². The zero-order valence-electron chi connectivity index (χ0n) is 19.1. The fourth-order valence-electron chi connectivity index (χ4n) is 3.58. The molecule has 0 fully saturated rings. The van der Waals surface area contributed by atoms with Crippen molar-refractivity contribution in [2.45, 2.75) is 12.5 Å². The molecule has 0 aliphatic heterocycles. The summed E-state index contributed by atoms with van der Waals surface area (Å²) in [6.07, 6.45) is -0.146. The van der Waals surface area contributed by atoms with E-state index < -0.39 is 34.1 Å². The number of nitrogens with zero attached hydrogens (tertiary/aromatic N) is 2. The van der Waals surface area contributed by atoms with Crippen molar-refractivity contribution in [3.63, 3.8) is 0 Å². The first-order chi connectivity index (χ1) is 18.0. The number of nitrogens with one attached hydrogen (secondary N) is 3. The van der Waals surface area contributed by atoms with E-state index >= 15 is 0 Å². The number of nitro groups is 1. The van der Waals surface area contributed by atoms with Gasteiger partial charge in [0.2, 0.25) is 5.95 Å². The minimum atomic E-state index is -1.43. The number of anilines is 2. The lowest BCUT2D eigenvalue weighted by Crippen LogP contribution is -2.42. The molecule has 1 aromatic heterocycles. The Balaban J connectivity index is 1.74. The van der Waals surface area contributed by atoms with Gasteiger partial charge in [-0.1, -0.05) is 35.3 Å². The van der Waals surface area contributed by atoms with Gasteiger partial charge in [0.05, 0.1) is 31.4 Å². The van der Waals surface area contributed by atoms with Crippen molar-refractivity contribution in [2.24, 2.45) is 0 Å². The summed E-state index contributed by atoms with van der Waals surface area (Å²) in [5, 5.41) is 36.0. The van der Waals surface area contributed by atoms with Crippen LogP contribution in [0.5, 0.6) is 5.75 Å². The van der Waals surface area contributed by atoms with Crippen molar-refractivity contribution in [3.05, 3.63) is 96.2 Å². The Kier molecular flexibility index (Phi) is 7.46. The lowest BCUT2D eigenvalue weighted by molar-refractivity contribution is -0.384. The maximum absolute atomic E-state index is 13.2. The minimum absolute atomic E-state index is 0.0192. The normalized spacial score (nSPS) is 11.6. The molecule has 0 radical (unpaired) electrons. The molecule has 38 heavy (non-hydrogen) atoms. The smallest absolute Gasteiger partial charge is 0.326 e. The van der Waals surface area contributed by atoms with Crippen molar-refractivity contribution in [3.8, 4) is 5.75 Å². The highest BCUT2D eigenvalue weighted by Crippen LogP contribution is 2.27. The van der Waals surface area contributed by atoms with Gasteiger partial charge in [0.1, 0.15) is 11.8 Å². The Bertz CT molecular complexity index is 1640. The lowest BCUT2D eigenvalue weighted by Gasteiger charge is -2.16. The Morgan fingerprint density at radius 2 is 1.79 bits per heavy atom. The molecule has 1 amide bonds. The number of hydrogen-bond donors (Lipinski definition) is 5. The van der Waals surface area contributed by atoms with E-state index in [4.69, 9.17) is 23.2 Å². The van der Waals surface area contributed by atoms with Crippen LogP contribution in [0.1, 0.15) is 15.9 Å². The Morgan fingerprint density at radius 3 is 2.42 bits per heavy atom. The number of carboxylic acids is 1. The maximum Gasteiger partial charge on any atom is 0.326 e. The second-order valence-corrected chi connectivity index (χ2v) is 8.86. The molecule has 0 aliphatic carbocycles. The molecule has 5 N–H and O–H groups in total. The van der Waals surface area contributed by atoms with Gasteiger partial charge in [-0.3, -0.25) is 24.7 Å². The van der Waals surface area contributed by atoms with Crippen LogP contribution in [0.3, 0.4) is 0 Å². The number of aromatic nitrogens is 2. The van der Waals surface area contributed by atoms with Gasteiger partial charge in [-0.2, -0.15) is 0 Å². The van der Waals surface area contributed by atoms with Crippen LogP contribution in [0.25, 0.3) is 10.9 Å². The number of aromatic hydroxyl groups is 1. The molecule has 0 aliphatic rings. The number of phenolic OH excluding ortho intramolecular Hbond substituents is 1. The number of aliphatic carboxylic acids is 1. The highest BCUT2D eigenvalue weighted by Gasteiger charge is 2.25. The number of aromatic amines is 1. The van der Waals surface area contributed by atoms with Gasteiger partial charge in [0.25, 0.3) is 17.2 Å². The van der Waals surface area contributed by atoms with Crippen molar-refractivity contribution < 1.29 is 24.7 Å². The summed E-state index contributed by atoms with van der Waals surface area (Å²) in [5.74, 6) is -2.49. The highest BCUT2D eigenvalue weighted by atomic mass is 35.5. The van der Waals surface area contributed by atoms with Gasteiger partial charge in [0.15, 0.2) is 0 Å². The van der Waals surface area contributed by atoms with E-state index in [1.165, 1.54) is 36.4 Å². The molecule has 3 aromatic carbocycles. The third-order valence-corrected chi connectivity index (χ3v) is 6.15. The highest BCUT2D eigenvalue weighted by molar-refractivity contribution is 6.42. The van der Waals surface area contributed by atoms with E-state index in [0.29, 0.717) is 16.3 Å². The van der Waals surface area contributed by atoms with E-state index in [0.717, 1.165) is 12.1 Å². The van der Waals surface area contributed by atoms with Crippen LogP contribution >= 0.6 is 23.2 Å². The molecule has 14 heteroatoms. The fourth-order valence-corrected chi connectivity index (χ4v) is 3.88. The molecule has 0 spiro atoms. The number of H-pyrrole nitrogens is 1. The van der Waals surface area contributed by atoms with Crippen molar-refractivity contribution in [1.82, 2.24) is 15.3 Å². The average Bonchev–Trinajstić information content (AvgIpc) is 2.86. The zero-order chi connectivity index (χ0) is 27.6. The molecule has 4 aromatic rings. The number of nitro benzene ring substituents is 1. The average molecular weight is 558 g/mol. The number of fused-ring (bicyclic) bond motifs is 1. The number of phenols is 1. The summed E-state index contributed by atoms with van der Waals surface area (Å²) < 4.78 is 0.